The van der Waals surface area contributed by atoms with E-state index in [1.807, 2.05) is 12.2 Å². The Morgan fingerprint density at radius 3 is 2.50 bits per heavy atom. The molecule has 0 fully saturated rings. The second-order valence-corrected chi connectivity index (χ2v) is 4.52. The highest BCUT2D eigenvalue weighted by atomic mass is 15.1. The molecule has 1 aromatic rings. The molecule has 1 nitrogen and oxygen atoms in total. The first-order valence-electron chi connectivity index (χ1n) is 6.96. The first kappa shape index (κ1) is 14.6. The monoisotopic (exact) mass is 243 g/mol. The normalized spacial score (nSPS) is 12.6. The molecule has 0 N–H and O–H groups in total. The van der Waals surface area contributed by atoms with Gasteiger partial charge in [0.05, 0.1) is 0 Å². The quantitative estimate of drug-likeness (QED) is 0.570. The predicted octanol–water partition coefficient (Wildman–Crippen LogP) is 5.16. The summed E-state index contributed by atoms with van der Waals surface area (Å²) in [5, 5.41) is 0. The van der Waals surface area contributed by atoms with E-state index in [-0.39, 0.29) is 0 Å². The van der Waals surface area contributed by atoms with Crippen molar-refractivity contribution >= 4 is 5.69 Å². The molecular weight excluding hydrogens is 218 g/mol. The molecule has 1 unspecified atom stereocenters. The van der Waals surface area contributed by atoms with Crippen molar-refractivity contribution in [2.24, 2.45) is 0 Å². The summed E-state index contributed by atoms with van der Waals surface area (Å²) in [6.45, 7) is 8.27. The molecule has 18 heavy (non-hydrogen) atoms. The summed E-state index contributed by atoms with van der Waals surface area (Å²) < 4.78 is 0. The highest BCUT2D eigenvalue weighted by Crippen LogP contribution is 2.22. The number of hydrogen-bond acceptors (Lipinski definition) is 1. The highest BCUT2D eigenvalue weighted by molar-refractivity contribution is 5.50. The molecule has 0 saturated carbocycles. The lowest BCUT2D eigenvalue weighted by molar-refractivity contribution is 0.548. The SMILES string of the molecule is C=C/C=C/N(c1ccccc1)C(CC)CCCC. The Labute approximate surface area is 112 Å². The van der Waals surface area contributed by atoms with Crippen LogP contribution in [0, 0.1) is 0 Å². The van der Waals surface area contributed by atoms with Gasteiger partial charge >= 0.3 is 0 Å². The molecule has 0 aromatic heterocycles. The largest absolute Gasteiger partial charge is 0.345 e. The van der Waals surface area contributed by atoms with Gasteiger partial charge in [-0.25, -0.2) is 0 Å². The van der Waals surface area contributed by atoms with Crippen LogP contribution in [0.4, 0.5) is 5.69 Å². The number of rotatable bonds is 8. The van der Waals surface area contributed by atoms with Crippen LogP contribution in [0.3, 0.4) is 0 Å². The van der Waals surface area contributed by atoms with Crippen LogP contribution in [0.25, 0.3) is 0 Å². The molecule has 0 aliphatic carbocycles. The van der Waals surface area contributed by atoms with E-state index in [2.05, 4.69) is 61.9 Å². The Balaban J connectivity index is 2.88. The predicted molar refractivity (Wildman–Crippen MR) is 81.9 cm³/mol. The topological polar surface area (TPSA) is 3.24 Å². The van der Waals surface area contributed by atoms with Gasteiger partial charge < -0.3 is 4.90 Å². The van der Waals surface area contributed by atoms with Gasteiger partial charge in [0.2, 0.25) is 0 Å². The summed E-state index contributed by atoms with van der Waals surface area (Å²) in [6.07, 6.45) is 10.9. The number of unbranched alkanes of at least 4 members (excludes halogenated alkanes) is 1. The second kappa shape index (κ2) is 8.57. The van der Waals surface area contributed by atoms with E-state index in [1.54, 1.807) is 0 Å². The molecule has 0 saturated heterocycles. The van der Waals surface area contributed by atoms with E-state index in [4.69, 9.17) is 0 Å². The molecule has 0 spiro atoms. The van der Waals surface area contributed by atoms with E-state index in [1.165, 1.54) is 24.9 Å². The lowest BCUT2D eigenvalue weighted by Gasteiger charge is -2.30. The first-order valence-corrected chi connectivity index (χ1v) is 6.96. The lowest BCUT2D eigenvalue weighted by atomic mass is 10.1. The van der Waals surface area contributed by atoms with Crippen LogP contribution in [0.5, 0.6) is 0 Å². The Kier molecular flexibility index (Phi) is 6.93. The molecule has 1 heteroatoms. The standard InChI is InChI=1S/C17H25N/c1-4-7-12-16(6-3)18(15-8-5-2)17-13-10-9-11-14-17/h5,8-11,13-16H,2,4,6-7,12H2,1,3H3/b15-8+. The number of para-hydroxylation sites is 1. The minimum atomic E-state index is 0.573. The van der Waals surface area contributed by atoms with Crippen molar-refractivity contribution < 1.29 is 0 Å². The van der Waals surface area contributed by atoms with Crippen LogP contribution < -0.4 is 4.90 Å². The van der Waals surface area contributed by atoms with Crippen molar-refractivity contribution in [3.63, 3.8) is 0 Å². The zero-order valence-electron chi connectivity index (χ0n) is 11.7. The summed E-state index contributed by atoms with van der Waals surface area (Å²) in [5.74, 6) is 0. The van der Waals surface area contributed by atoms with Gasteiger partial charge in [0.25, 0.3) is 0 Å². The molecule has 0 amide bonds. The number of anilines is 1. The molecule has 1 atom stereocenters. The third-order valence-electron chi connectivity index (χ3n) is 3.19. The first-order chi connectivity index (χ1) is 8.83. The van der Waals surface area contributed by atoms with Crippen molar-refractivity contribution in [1.29, 1.82) is 0 Å². The Hall–Kier alpha value is -1.50. The van der Waals surface area contributed by atoms with Crippen molar-refractivity contribution in [3.8, 4) is 0 Å². The number of hydrogen-bond donors (Lipinski definition) is 0. The number of allylic oxidation sites excluding steroid dienone is 2. The lowest BCUT2D eigenvalue weighted by Crippen LogP contribution is -2.30. The molecule has 0 radical (unpaired) electrons. The summed E-state index contributed by atoms with van der Waals surface area (Å²) in [5.41, 5.74) is 1.26. The Morgan fingerprint density at radius 2 is 1.94 bits per heavy atom. The second-order valence-electron chi connectivity index (χ2n) is 4.52. The summed E-state index contributed by atoms with van der Waals surface area (Å²) in [6, 6.07) is 11.2. The minimum absolute atomic E-state index is 0.573. The Bertz CT molecular complexity index is 353. The van der Waals surface area contributed by atoms with Crippen molar-refractivity contribution in [2.75, 3.05) is 4.90 Å². The smallest absolute Gasteiger partial charge is 0.0408 e. The van der Waals surface area contributed by atoms with Gasteiger partial charge in [0.15, 0.2) is 0 Å². The van der Waals surface area contributed by atoms with Crippen LogP contribution in [0.2, 0.25) is 0 Å². The molecule has 0 bridgehead atoms. The fourth-order valence-electron chi connectivity index (χ4n) is 2.15. The average Bonchev–Trinajstić information content (AvgIpc) is 2.43. The van der Waals surface area contributed by atoms with Gasteiger partial charge in [-0.2, -0.15) is 0 Å². The molecule has 0 aliphatic rings. The molecule has 98 valence electrons. The third-order valence-corrected chi connectivity index (χ3v) is 3.19. The van der Waals surface area contributed by atoms with Crippen LogP contribution in [0.1, 0.15) is 39.5 Å². The van der Waals surface area contributed by atoms with Gasteiger partial charge in [0.1, 0.15) is 0 Å². The van der Waals surface area contributed by atoms with Crippen LogP contribution in [-0.2, 0) is 0 Å². The van der Waals surface area contributed by atoms with Gasteiger partial charge in [-0.15, -0.1) is 0 Å². The number of nitrogens with zero attached hydrogens (tertiary/aromatic N) is 1. The van der Waals surface area contributed by atoms with Crippen molar-refractivity contribution in [3.05, 3.63) is 55.3 Å². The van der Waals surface area contributed by atoms with Crippen LogP contribution >= 0.6 is 0 Å². The van der Waals surface area contributed by atoms with Gasteiger partial charge in [-0.3, -0.25) is 0 Å². The van der Waals surface area contributed by atoms with Crippen LogP contribution in [-0.4, -0.2) is 6.04 Å². The van der Waals surface area contributed by atoms with Gasteiger partial charge in [0, 0.05) is 17.9 Å². The molecule has 1 aromatic carbocycles. The molecule has 0 heterocycles. The average molecular weight is 243 g/mol. The molecular formula is C17H25N. The number of benzene rings is 1. The van der Waals surface area contributed by atoms with E-state index in [0.717, 1.165) is 6.42 Å². The van der Waals surface area contributed by atoms with Gasteiger partial charge in [-0.05, 0) is 31.1 Å². The molecule has 0 aliphatic heterocycles. The third kappa shape index (κ3) is 4.40. The van der Waals surface area contributed by atoms with Crippen molar-refractivity contribution in [1.82, 2.24) is 0 Å². The zero-order chi connectivity index (χ0) is 13.2. The highest BCUT2D eigenvalue weighted by Gasteiger charge is 2.14. The van der Waals surface area contributed by atoms with Gasteiger partial charge in [-0.1, -0.05) is 57.5 Å². The maximum Gasteiger partial charge on any atom is 0.0408 e. The Morgan fingerprint density at radius 1 is 1.22 bits per heavy atom. The summed E-state index contributed by atoms with van der Waals surface area (Å²) >= 11 is 0. The maximum atomic E-state index is 3.76. The summed E-state index contributed by atoms with van der Waals surface area (Å²) in [7, 11) is 0. The minimum Gasteiger partial charge on any atom is -0.345 e. The van der Waals surface area contributed by atoms with Crippen LogP contribution in [0.15, 0.2) is 55.3 Å². The van der Waals surface area contributed by atoms with E-state index in [0.29, 0.717) is 6.04 Å². The van der Waals surface area contributed by atoms with Crippen molar-refractivity contribution in [2.45, 2.75) is 45.6 Å². The fraction of sp³-hybridized carbons (Fsp3) is 0.412. The maximum absolute atomic E-state index is 3.76. The van der Waals surface area contributed by atoms with E-state index < -0.39 is 0 Å². The van der Waals surface area contributed by atoms with E-state index >= 15 is 0 Å². The van der Waals surface area contributed by atoms with E-state index in [9.17, 15) is 0 Å². The molecule has 1 rings (SSSR count). The fourth-order valence-corrected chi connectivity index (χ4v) is 2.15. The summed E-state index contributed by atoms with van der Waals surface area (Å²) in [4.78, 5) is 2.37. The zero-order valence-corrected chi connectivity index (χ0v) is 11.7.